The number of carbonyl (C=O) groups excluding carboxylic acids is 2. The van der Waals surface area contributed by atoms with E-state index in [0.717, 1.165) is 10.7 Å². The van der Waals surface area contributed by atoms with Crippen LogP contribution in [0.1, 0.15) is 28.0 Å². The molecule has 0 saturated carbocycles. The quantitative estimate of drug-likeness (QED) is 0.881. The second-order valence-corrected chi connectivity index (χ2v) is 5.84. The van der Waals surface area contributed by atoms with Crippen LogP contribution in [0.4, 0.5) is 10.5 Å². The number of urea groups is 1. The van der Waals surface area contributed by atoms with E-state index in [-0.39, 0.29) is 11.8 Å². The molecule has 0 bridgehead atoms. The second kappa shape index (κ2) is 6.49. The van der Waals surface area contributed by atoms with Crippen LogP contribution in [-0.4, -0.2) is 28.7 Å². The molecule has 0 spiro atoms. The molecule has 5 nitrogen and oxygen atoms in total. The summed E-state index contributed by atoms with van der Waals surface area (Å²) in [4.78, 5) is 29.3. The Bertz CT molecular complexity index is 666. The maximum absolute atomic E-state index is 12.1. The molecule has 0 aliphatic carbocycles. The number of aromatic nitrogens is 1. The van der Waals surface area contributed by atoms with Gasteiger partial charge in [-0.3, -0.25) is 4.79 Å². The van der Waals surface area contributed by atoms with Crippen LogP contribution in [0.25, 0.3) is 0 Å². The van der Waals surface area contributed by atoms with Gasteiger partial charge in [-0.15, -0.1) is 11.3 Å². The van der Waals surface area contributed by atoms with E-state index in [9.17, 15) is 9.59 Å². The zero-order valence-corrected chi connectivity index (χ0v) is 13.0. The lowest BCUT2D eigenvalue weighted by atomic mass is 10.1. The fourth-order valence-corrected chi connectivity index (χ4v) is 2.43. The standard InChI is InChI=1S/C15H17N3O2S/c1-10(19)12-5-4-6-13(7-12)17-15(20)18(3)8-14-9-21-11(2)16-14/h4-7,9H,8H2,1-3H3,(H,17,20). The van der Waals surface area contributed by atoms with Crippen molar-refractivity contribution in [3.8, 4) is 0 Å². The molecular weight excluding hydrogens is 286 g/mol. The number of nitrogens with zero attached hydrogens (tertiary/aromatic N) is 2. The van der Waals surface area contributed by atoms with E-state index in [1.165, 1.54) is 6.92 Å². The zero-order valence-electron chi connectivity index (χ0n) is 12.2. The van der Waals surface area contributed by atoms with E-state index in [4.69, 9.17) is 0 Å². The molecule has 0 aliphatic heterocycles. The van der Waals surface area contributed by atoms with Crippen molar-refractivity contribution >= 4 is 28.8 Å². The molecule has 2 rings (SSSR count). The summed E-state index contributed by atoms with van der Waals surface area (Å²) >= 11 is 1.56. The minimum absolute atomic E-state index is 0.0302. The Hall–Kier alpha value is -2.21. The van der Waals surface area contributed by atoms with Crippen LogP contribution in [0.3, 0.4) is 0 Å². The average Bonchev–Trinajstić information content (AvgIpc) is 2.84. The number of Topliss-reactive ketones (excluding diaryl/α,β-unsaturated/α-hetero) is 1. The molecule has 2 amide bonds. The largest absolute Gasteiger partial charge is 0.322 e. The molecule has 110 valence electrons. The summed E-state index contributed by atoms with van der Waals surface area (Å²) in [5, 5.41) is 5.69. The number of amides is 2. The third kappa shape index (κ3) is 4.13. The summed E-state index contributed by atoms with van der Waals surface area (Å²) in [5.74, 6) is -0.0302. The van der Waals surface area contributed by atoms with Crippen LogP contribution in [0.5, 0.6) is 0 Å². The number of anilines is 1. The molecular formula is C15H17N3O2S. The molecule has 2 aromatic rings. The number of thiazole rings is 1. The number of hydrogen-bond acceptors (Lipinski definition) is 4. The number of hydrogen-bond donors (Lipinski definition) is 1. The van der Waals surface area contributed by atoms with Gasteiger partial charge >= 0.3 is 6.03 Å². The van der Waals surface area contributed by atoms with Crippen molar-refractivity contribution in [1.29, 1.82) is 0 Å². The summed E-state index contributed by atoms with van der Waals surface area (Å²) in [6.07, 6.45) is 0. The summed E-state index contributed by atoms with van der Waals surface area (Å²) in [6.45, 7) is 3.88. The van der Waals surface area contributed by atoms with Gasteiger partial charge < -0.3 is 10.2 Å². The molecule has 0 radical (unpaired) electrons. The van der Waals surface area contributed by atoms with Crippen LogP contribution in [0.2, 0.25) is 0 Å². The van der Waals surface area contributed by atoms with Crippen LogP contribution in [-0.2, 0) is 6.54 Å². The van der Waals surface area contributed by atoms with Gasteiger partial charge in [0.2, 0.25) is 0 Å². The predicted octanol–water partition coefficient (Wildman–Crippen LogP) is 3.32. The fraction of sp³-hybridized carbons (Fsp3) is 0.267. The highest BCUT2D eigenvalue weighted by Gasteiger charge is 2.11. The number of ketones is 1. The van der Waals surface area contributed by atoms with Crippen molar-refractivity contribution in [3.63, 3.8) is 0 Å². The van der Waals surface area contributed by atoms with Gasteiger partial charge in [0.1, 0.15) is 0 Å². The van der Waals surface area contributed by atoms with Crippen LogP contribution in [0, 0.1) is 6.92 Å². The normalized spacial score (nSPS) is 10.2. The number of rotatable bonds is 4. The Labute approximate surface area is 127 Å². The fourth-order valence-electron chi connectivity index (χ4n) is 1.83. The molecule has 6 heteroatoms. The smallest absolute Gasteiger partial charge is 0.321 e. The highest BCUT2D eigenvalue weighted by Crippen LogP contribution is 2.13. The molecule has 1 aromatic carbocycles. The molecule has 0 fully saturated rings. The first-order chi connectivity index (χ1) is 9.95. The molecule has 0 saturated heterocycles. The van der Waals surface area contributed by atoms with Gasteiger partial charge in [-0.2, -0.15) is 0 Å². The summed E-state index contributed by atoms with van der Waals surface area (Å²) in [6, 6.07) is 6.66. The predicted molar refractivity (Wildman–Crippen MR) is 83.8 cm³/mol. The van der Waals surface area contributed by atoms with Crippen LogP contribution in [0.15, 0.2) is 29.6 Å². The summed E-state index contributed by atoms with van der Waals surface area (Å²) in [7, 11) is 1.71. The first-order valence-electron chi connectivity index (χ1n) is 6.50. The topological polar surface area (TPSA) is 62.3 Å². The minimum Gasteiger partial charge on any atom is -0.322 e. The van der Waals surface area contributed by atoms with Crippen LogP contribution >= 0.6 is 11.3 Å². The molecule has 0 atom stereocenters. The molecule has 1 heterocycles. The zero-order chi connectivity index (χ0) is 15.4. The Morgan fingerprint density at radius 2 is 2.14 bits per heavy atom. The molecule has 0 aliphatic rings. The molecule has 21 heavy (non-hydrogen) atoms. The van der Waals surface area contributed by atoms with Crippen LogP contribution < -0.4 is 5.32 Å². The SMILES string of the molecule is CC(=O)c1cccc(NC(=O)N(C)Cc2csc(C)n2)c1. The van der Waals surface area contributed by atoms with Gasteiger partial charge in [0, 0.05) is 23.7 Å². The van der Waals surface area contributed by atoms with E-state index < -0.39 is 0 Å². The lowest BCUT2D eigenvalue weighted by Crippen LogP contribution is -2.31. The van der Waals surface area contributed by atoms with Crippen molar-refractivity contribution in [2.75, 3.05) is 12.4 Å². The van der Waals surface area contributed by atoms with Crippen molar-refractivity contribution in [3.05, 3.63) is 45.9 Å². The third-order valence-electron chi connectivity index (χ3n) is 2.93. The first kappa shape index (κ1) is 15.2. The van der Waals surface area contributed by atoms with Crippen molar-refractivity contribution < 1.29 is 9.59 Å². The maximum Gasteiger partial charge on any atom is 0.321 e. The third-order valence-corrected chi connectivity index (χ3v) is 3.76. The summed E-state index contributed by atoms with van der Waals surface area (Å²) < 4.78 is 0. The number of nitrogens with one attached hydrogen (secondary N) is 1. The Morgan fingerprint density at radius 3 is 2.76 bits per heavy atom. The van der Waals surface area contributed by atoms with Gasteiger partial charge in [-0.1, -0.05) is 12.1 Å². The average molecular weight is 303 g/mol. The first-order valence-corrected chi connectivity index (χ1v) is 7.38. The Kier molecular flexibility index (Phi) is 4.70. The number of benzene rings is 1. The van der Waals surface area contributed by atoms with Crippen molar-refractivity contribution in [2.45, 2.75) is 20.4 Å². The van der Waals surface area contributed by atoms with Gasteiger partial charge in [-0.25, -0.2) is 9.78 Å². The Morgan fingerprint density at radius 1 is 1.38 bits per heavy atom. The number of aryl methyl sites for hydroxylation is 1. The van der Waals surface area contributed by atoms with E-state index in [1.807, 2.05) is 12.3 Å². The second-order valence-electron chi connectivity index (χ2n) is 4.78. The summed E-state index contributed by atoms with van der Waals surface area (Å²) in [5.41, 5.74) is 2.05. The number of carbonyl (C=O) groups is 2. The van der Waals surface area contributed by atoms with Gasteiger partial charge in [0.05, 0.1) is 17.2 Å². The van der Waals surface area contributed by atoms with Gasteiger partial charge in [0.15, 0.2) is 5.78 Å². The lowest BCUT2D eigenvalue weighted by Gasteiger charge is -2.17. The monoisotopic (exact) mass is 303 g/mol. The Balaban J connectivity index is 2.00. The van der Waals surface area contributed by atoms with E-state index in [0.29, 0.717) is 17.8 Å². The molecule has 1 aromatic heterocycles. The van der Waals surface area contributed by atoms with E-state index >= 15 is 0 Å². The van der Waals surface area contributed by atoms with E-state index in [1.54, 1.807) is 47.5 Å². The van der Waals surface area contributed by atoms with Gasteiger partial charge in [0.25, 0.3) is 0 Å². The van der Waals surface area contributed by atoms with Crippen molar-refractivity contribution in [2.24, 2.45) is 0 Å². The highest BCUT2D eigenvalue weighted by molar-refractivity contribution is 7.09. The highest BCUT2D eigenvalue weighted by atomic mass is 32.1. The maximum atomic E-state index is 12.1. The van der Waals surface area contributed by atoms with Gasteiger partial charge in [-0.05, 0) is 26.0 Å². The minimum atomic E-state index is -0.235. The van der Waals surface area contributed by atoms with E-state index in [2.05, 4.69) is 10.3 Å². The molecule has 0 unspecified atom stereocenters. The lowest BCUT2D eigenvalue weighted by molar-refractivity contribution is 0.101. The van der Waals surface area contributed by atoms with Crippen molar-refractivity contribution in [1.82, 2.24) is 9.88 Å². The molecule has 1 N–H and O–H groups in total.